The standard InChI is InChI=1S/C6H14O3.C5H9NO/c1-5(8)4-9-6(2)3-7;1-6-4-2-3-5(6)7/h5-8H,3-4H2,1-2H3;2-4H2,1H3. The summed E-state index contributed by atoms with van der Waals surface area (Å²) >= 11 is 0. The van der Waals surface area contributed by atoms with Gasteiger partial charge in [0.25, 0.3) is 0 Å². The maximum Gasteiger partial charge on any atom is 0.222 e. The number of nitrogens with zero attached hydrogens (tertiary/aromatic N) is 1. The van der Waals surface area contributed by atoms with Crippen LogP contribution in [0, 0.1) is 0 Å². The van der Waals surface area contributed by atoms with Crippen LogP contribution in [0.25, 0.3) is 0 Å². The SMILES string of the molecule is CC(O)COC(C)CO.CN1CCCC1=O. The Balaban J connectivity index is 0.000000288. The molecule has 1 rings (SSSR count). The van der Waals surface area contributed by atoms with Crippen LogP contribution in [0.2, 0.25) is 0 Å². The van der Waals surface area contributed by atoms with Crippen LogP contribution in [0.5, 0.6) is 0 Å². The van der Waals surface area contributed by atoms with Gasteiger partial charge in [-0.05, 0) is 20.3 Å². The highest BCUT2D eigenvalue weighted by atomic mass is 16.5. The molecule has 16 heavy (non-hydrogen) atoms. The predicted octanol–water partition coefficient (Wildman–Crippen LogP) is 0.00320. The summed E-state index contributed by atoms with van der Waals surface area (Å²) in [6, 6.07) is 0. The molecule has 0 bridgehead atoms. The van der Waals surface area contributed by atoms with Gasteiger partial charge in [0.05, 0.1) is 25.4 Å². The molecule has 2 unspecified atom stereocenters. The van der Waals surface area contributed by atoms with Crippen LogP contribution in [0.3, 0.4) is 0 Å². The first-order valence-electron chi connectivity index (χ1n) is 5.61. The smallest absolute Gasteiger partial charge is 0.222 e. The van der Waals surface area contributed by atoms with Crippen LogP contribution in [0.15, 0.2) is 0 Å². The summed E-state index contributed by atoms with van der Waals surface area (Å²) < 4.78 is 4.95. The maximum absolute atomic E-state index is 10.5. The number of hydrogen-bond donors (Lipinski definition) is 2. The van der Waals surface area contributed by atoms with Crippen molar-refractivity contribution in [3.8, 4) is 0 Å². The van der Waals surface area contributed by atoms with Gasteiger partial charge in [0.2, 0.25) is 5.91 Å². The van der Waals surface area contributed by atoms with Crippen molar-refractivity contribution in [2.45, 2.75) is 38.9 Å². The molecule has 2 N–H and O–H groups in total. The summed E-state index contributed by atoms with van der Waals surface area (Å²) in [4.78, 5) is 12.3. The van der Waals surface area contributed by atoms with E-state index < -0.39 is 6.10 Å². The molecule has 0 saturated carbocycles. The molecule has 96 valence electrons. The highest BCUT2D eigenvalue weighted by molar-refractivity contribution is 5.77. The van der Waals surface area contributed by atoms with Crippen molar-refractivity contribution in [1.82, 2.24) is 4.90 Å². The van der Waals surface area contributed by atoms with E-state index >= 15 is 0 Å². The van der Waals surface area contributed by atoms with Gasteiger partial charge < -0.3 is 19.8 Å². The summed E-state index contributed by atoms with van der Waals surface area (Å²) in [6.07, 6.45) is 1.20. The highest BCUT2D eigenvalue weighted by Gasteiger charge is 2.14. The van der Waals surface area contributed by atoms with Crippen LogP contribution in [0.4, 0.5) is 0 Å². The van der Waals surface area contributed by atoms with Crippen molar-refractivity contribution >= 4 is 5.91 Å². The van der Waals surface area contributed by atoms with E-state index in [9.17, 15) is 4.79 Å². The van der Waals surface area contributed by atoms with Gasteiger partial charge in [0.1, 0.15) is 0 Å². The lowest BCUT2D eigenvalue weighted by molar-refractivity contribution is -0.126. The average molecular weight is 233 g/mol. The van der Waals surface area contributed by atoms with Crippen LogP contribution < -0.4 is 0 Å². The Morgan fingerprint density at radius 1 is 1.50 bits per heavy atom. The largest absolute Gasteiger partial charge is 0.394 e. The van der Waals surface area contributed by atoms with Gasteiger partial charge in [-0.15, -0.1) is 0 Å². The second-order valence-corrected chi connectivity index (χ2v) is 4.09. The fourth-order valence-corrected chi connectivity index (χ4v) is 1.14. The van der Waals surface area contributed by atoms with Gasteiger partial charge in [-0.1, -0.05) is 0 Å². The minimum absolute atomic E-state index is 0.00667. The number of likely N-dealkylation sites (tertiary alicyclic amines) is 1. The van der Waals surface area contributed by atoms with Crippen molar-refractivity contribution in [3.63, 3.8) is 0 Å². The van der Waals surface area contributed by atoms with E-state index in [0.717, 1.165) is 19.4 Å². The first-order chi connectivity index (χ1) is 7.47. The summed E-state index contributed by atoms with van der Waals surface area (Å²) in [5.74, 6) is 0.292. The number of carbonyl (C=O) groups excluding carboxylic acids is 1. The molecule has 0 aliphatic carbocycles. The Hall–Kier alpha value is -0.650. The molecule has 2 atom stereocenters. The molecule has 1 aliphatic rings. The molecule has 1 amide bonds. The van der Waals surface area contributed by atoms with Gasteiger partial charge >= 0.3 is 0 Å². The Labute approximate surface area is 97.0 Å². The van der Waals surface area contributed by atoms with E-state index in [2.05, 4.69) is 0 Å². The normalized spacial score (nSPS) is 19.1. The van der Waals surface area contributed by atoms with Crippen molar-refractivity contribution < 1.29 is 19.7 Å². The van der Waals surface area contributed by atoms with E-state index in [1.165, 1.54) is 0 Å². The average Bonchev–Trinajstić information content (AvgIpc) is 2.61. The van der Waals surface area contributed by atoms with E-state index in [0.29, 0.717) is 12.5 Å². The van der Waals surface area contributed by atoms with Gasteiger partial charge in [-0.25, -0.2) is 0 Å². The lowest BCUT2D eigenvalue weighted by atomic mass is 10.4. The van der Waals surface area contributed by atoms with Gasteiger partial charge in [0, 0.05) is 20.0 Å². The molecule has 0 aromatic carbocycles. The molecule has 0 aromatic heterocycles. The third kappa shape index (κ3) is 7.62. The van der Waals surface area contributed by atoms with Gasteiger partial charge in [-0.2, -0.15) is 0 Å². The Bertz CT molecular complexity index is 196. The maximum atomic E-state index is 10.5. The third-order valence-electron chi connectivity index (χ3n) is 2.19. The zero-order valence-electron chi connectivity index (χ0n) is 10.3. The predicted molar refractivity (Wildman–Crippen MR) is 61.1 cm³/mol. The van der Waals surface area contributed by atoms with E-state index in [1.54, 1.807) is 18.7 Å². The van der Waals surface area contributed by atoms with Gasteiger partial charge in [0.15, 0.2) is 0 Å². The fraction of sp³-hybridized carbons (Fsp3) is 0.909. The zero-order chi connectivity index (χ0) is 12.6. The molecule has 5 heteroatoms. The zero-order valence-corrected chi connectivity index (χ0v) is 10.3. The molecule has 0 radical (unpaired) electrons. The van der Waals surface area contributed by atoms with E-state index in [4.69, 9.17) is 14.9 Å². The first kappa shape index (κ1) is 15.3. The molecule has 1 aliphatic heterocycles. The van der Waals surface area contributed by atoms with Crippen LogP contribution in [-0.2, 0) is 9.53 Å². The number of rotatable bonds is 4. The lowest BCUT2D eigenvalue weighted by Crippen LogP contribution is -2.19. The minimum atomic E-state index is -0.445. The van der Waals surface area contributed by atoms with Crippen LogP contribution >= 0.6 is 0 Å². The second-order valence-electron chi connectivity index (χ2n) is 4.09. The van der Waals surface area contributed by atoms with Gasteiger partial charge in [-0.3, -0.25) is 4.79 Å². The molecule has 0 spiro atoms. The van der Waals surface area contributed by atoms with E-state index in [1.807, 2.05) is 7.05 Å². The van der Waals surface area contributed by atoms with Crippen molar-refractivity contribution in [3.05, 3.63) is 0 Å². The Kier molecular flexibility index (Phi) is 8.15. The van der Waals surface area contributed by atoms with Crippen molar-refractivity contribution in [2.24, 2.45) is 0 Å². The summed E-state index contributed by atoms with van der Waals surface area (Å²) in [7, 11) is 1.84. The number of aliphatic hydroxyl groups is 2. The Morgan fingerprint density at radius 3 is 2.38 bits per heavy atom. The number of hydrogen-bond acceptors (Lipinski definition) is 4. The number of ether oxygens (including phenoxy) is 1. The fourth-order valence-electron chi connectivity index (χ4n) is 1.14. The van der Waals surface area contributed by atoms with Crippen LogP contribution in [0.1, 0.15) is 26.7 Å². The number of amides is 1. The molecule has 5 nitrogen and oxygen atoms in total. The molecule has 1 heterocycles. The second kappa shape index (κ2) is 8.50. The quantitative estimate of drug-likeness (QED) is 0.717. The highest BCUT2D eigenvalue weighted by Crippen LogP contribution is 2.04. The van der Waals surface area contributed by atoms with E-state index in [-0.39, 0.29) is 12.7 Å². The minimum Gasteiger partial charge on any atom is -0.394 e. The molecule has 1 fully saturated rings. The first-order valence-corrected chi connectivity index (χ1v) is 5.61. The van der Waals surface area contributed by atoms with Crippen LogP contribution in [-0.4, -0.2) is 60.0 Å². The number of carbonyl (C=O) groups is 1. The Morgan fingerprint density at radius 2 is 2.12 bits per heavy atom. The number of aliphatic hydroxyl groups excluding tert-OH is 2. The molecule has 1 saturated heterocycles. The third-order valence-corrected chi connectivity index (χ3v) is 2.19. The monoisotopic (exact) mass is 233 g/mol. The summed E-state index contributed by atoms with van der Waals surface area (Å²) in [5.41, 5.74) is 0. The summed E-state index contributed by atoms with van der Waals surface area (Å²) in [5, 5.41) is 17.1. The molecular formula is C11H23NO4. The van der Waals surface area contributed by atoms with Crippen molar-refractivity contribution in [2.75, 3.05) is 26.8 Å². The summed E-state index contributed by atoms with van der Waals surface area (Å²) in [6.45, 7) is 4.65. The molecule has 0 aromatic rings. The topological polar surface area (TPSA) is 70.0 Å². The molecular weight excluding hydrogens is 210 g/mol. The van der Waals surface area contributed by atoms with Crippen molar-refractivity contribution in [1.29, 1.82) is 0 Å². The lowest BCUT2D eigenvalue weighted by Gasteiger charge is -2.10.